The third kappa shape index (κ3) is 4.26. The van der Waals surface area contributed by atoms with Crippen LogP contribution < -0.4 is 10.0 Å². The van der Waals surface area contributed by atoms with Gasteiger partial charge in [0.15, 0.2) is 0 Å². The number of anilines is 1. The van der Waals surface area contributed by atoms with E-state index in [0.717, 1.165) is 5.56 Å². The molecule has 146 valence electrons. The van der Waals surface area contributed by atoms with Gasteiger partial charge in [-0.25, -0.2) is 8.42 Å². The zero-order valence-corrected chi connectivity index (χ0v) is 16.8. The quantitative estimate of drug-likeness (QED) is 0.658. The molecule has 0 fully saturated rings. The molecule has 7 heteroatoms. The van der Waals surface area contributed by atoms with Gasteiger partial charge in [0.1, 0.15) is 5.76 Å². The van der Waals surface area contributed by atoms with E-state index in [2.05, 4.69) is 10.0 Å². The van der Waals surface area contributed by atoms with E-state index in [0.29, 0.717) is 16.9 Å². The highest BCUT2D eigenvalue weighted by Gasteiger charge is 2.22. The van der Waals surface area contributed by atoms with Crippen LogP contribution in [0.2, 0.25) is 0 Å². The first-order valence-electron chi connectivity index (χ1n) is 8.78. The average molecular weight is 398 g/mol. The van der Waals surface area contributed by atoms with E-state index >= 15 is 0 Å². The predicted octanol–water partition coefficient (Wildman–Crippen LogP) is 3.94. The van der Waals surface area contributed by atoms with Gasteiger partial charge in [-0.05, 0) is 56.2 Å². The summed E-state index contributed by atoms with van der Waals surface area (Å²) in [5.74, 6) is 0.212. The molecule has 3 rings (SSSR count). The van der Waals surface area contributed by atoms with Crippen molar-refractivity contribution in [2.24, 2.45) is 0 Å². The number of hydrogen-bond acceptors (Lipinski definition) is 4. The van der Waals surface area contributed by atoms with Crippen molar-refractivity contribution in [2.75, 3.05) is 4.72 Å². The summed E-state index contributed by atoms with van der Waals surface area (Å²) in [4.78, 5) is 12.8. The molecule has 28 heavy (non-hydrogen) atoms. The highest BCUT2D eigenvalue weighted by Crippen LogP contribution is 2.26. The first-order valence-corrected chi connectivity index (χ1v) is 10.3. The van der Waals surface area contributed by atoms with Crippen molar-refractivity contribution in [1.29, 1.82) is 0 Å². The summed E-state index contributed by atoms with van der Waals surface area (Å²) < 4.78 is 33.8. The van der Waals surface area contributed by atoms with Gasteiger partial charge in [-0.2, -0.15) is 0 Å². The SMILES string of the molecule is Cc1cc(C)c(S(=O)(=O)Nc2ccccc2C(=O)NCc2ccco2)c(C)c1. The molecule has 2 aromatic carbocycles. The van der Waals surface area contributed by atoms with Gasteiger partial charge < -0.3 is 9.73 Å². The van der Waals surface area contributed by atoms with Crippen LogP contribution >= 0.6 is 0 Å². The Morgan fingerprint density at radius 1 is 1.00 bits per heavy atom. The Bertz CT molecular complexity index is 1080. The van der Waals surface area contributed by atoms with Crippen LogP contribution in [-0.2, 0) is 16.6 Å². The standard InChI is InChI=1S/C21H22N2O4S/c1-14-11-15(2)20(16(3)12-14)28(25,26)23-19-9-5-4-8-18(19)21(24)22-13-17-7-6-10-27-17/h4-12,23H,13H2,1-3H3,(H,22,24). The van der Waals surface area contributed by atoms with Crippen LogP contribution in [0, 0.1) is 20.8 Å². The Labute approximate surface area is 164 Å². The highest BCUT2D eigenvalue weighted by atomic mass is 32.2. The minimum absolute atomic E-state index is 0.211. The Kier molecular flexibility index (Phi) is 5.56. The molecule has 0 aliphatic carbocycles. The fourth-order valence-electron chi connectivity index (χ4n) is 3.23. The number of furan rings is 1. The molecule has 1 amide bonds. The molecule has 6 nitrogen and oxygen atoms in total. The summed E-state index contributed by atoms with van der Waals surface area (Å²) in [6.45, 7) is 5.65. The third-order valence-electron chi connectivity index (χ3n) is 4.29. The summed E-state index contributed by atoms with van der Waals surface area (Å²) >= 11 is 0. The fourth-order valence-corrected chi connectivity index (χ4v) is 4.77. The molecular weight excluding hydrogens is 376 g/mol. The van der Waals surface area contributed by atoms with E-state index in [-0.39, 0.29) is 22.7 Å². The monoisotopic (exact) mass is 398 g/mol. The maximum atomic E-state index is 13.0. The lowest BCUT2D eigenvalue weighted by molar-refractivity contribution is 0.0949. The molecular formula is C21H22N2O4S. The lowest BCUT2D eigenvalue weighted by atomic mass is 10.1. The molecule has 0 atom stereocenters. The number of rotatable bonds is 6. The van der Waals surface area contributed by atoms with Crippen LogP contribution in [0.4, 0.5) is 5.69 Å². The largest absolute Gasteiger partial charge is 0.467 e. The molecule has 0 bridgehead atoms. The van der Waals surface area contributed by atoms with Crippen LogP contribution in [0.5, 0.6) is 0 Å². The molecule has 0 aliphatic rings. The van der Waals surface area contributed by atoms with Crippen LogP contribution in [-0.4, -0.2) is 14.3 Å². The number of hydrogen-bond donors (Lipinski definition) is 2. The Balaban J connectivity index is 1.88. The molecule has 0 spiro atoms. The molecule has 0 saturated carbocycles. The highest BCUT2D eigenvalue weighted by molar-refractivity contribution is 7.92. The Morgan fingerprint density at radius 2 is 1.68 bits per heavy atom. The Morgan fingerprint density at radius 3 is 2.32 bits per heavy atom. The molecule has 0 saturated heterocycles. The topological polar surface area (TPSA) is 88.4 Å². The summed E-state index contributed by atoms with van der Waals surface area (Å²) in [6.07, 6.45) is 1.52. The predicted molar refractivity (Wildman–Crippen MR) is 108 cm³/mol. The second-order valence-corrected chi connectivity index (χ2v) is 8.26. The zero-order chi connectivity index (χ0) is 20.3. The van der Waals surface area contributed by atoms with Crippen LogP contribution in [0.25, 0.3) is 0 Å². The van der Waals surface area contributed by atoms with E-state index in [1.54, 1.807) is 50.2 Å². The lowest BCUT2D eigenvalue weighted by Gasteiger charge is -2.16. The Hall–Kier alpha value is -3.06. The summed E-state index contributed by atoms with van der Waals surface area (Å²) in [5, 5.41) is 2.73. The van der Waals surface area contributed by atoms with Gasteiger partial charge in [-0.3, -0.25) is 9.52 Å². The van der Waals surface area contributed by atoms with Gasteiger partial charge in [-0.15, -0.1) is 0 Å². The van der Waals surface area contributed by atoms with Crippen molar-refractivity contribution in [3.05, 3.63) is 82.8 Å². The third-order valence-corrected chi connectivity index (χ3v) is 5.96. The van der Waals surface area contributed by atoms with Crippen molar-refractivity contribution in [1.82, 2.24) is 5.32 Å². The van der Waals surface area contributed by atoms with Crippen LogP contribution in [0.15, 0.2) is 64.1 Å². The van der Waals surface area contributed by atoms with Gasteiger partial charge in [0.25, 0.3) is 15.9 Å². The molecule has 0 aliphatic heterocycles. The number of carbonyl (C=O) groups excluding carboxylic acids is 1. The molecule has 2 N–H and O–H groups in total. The van der Waals surface area contributed by atoms with Gasteiger partial charge in [-0.1, -0.05) is 29.8 Å². The number of para-hydroxylation sites is 1. The fraction of sp³-hybridized carbons (Fsp3) is 0.190. The van der Waals surface area contributed by atoms with E-state index in [1.807, 2.05) is 19.1 Å². The summed E-state index contributed by atoms with van der Waals surface area (Å²) in [5.41, 5.74) is 2.76. The normalized spacial score (nSPS) is 11.2. The maximum Gasteiger partial charge on any atom is 0.262 e. The number of amides is 1. The van der Waals surface area contributed by atoms with Crippen LogP contribution in [0.1, 0.15) is 32.8 Å². The molecule has 0 radical (unpaired) electrons. The lowest BCUT2D eigenvalue weighted by Crippen LogP contribution is -2.25. The second-order valence-electron chi connectivity index (χ2n) is 6.64. The average Bonchev–Trinajstić information content (AvgIpc) is 3.12. The molecule has 3 aromatic rings. The van der Waals surface area contributed by atoms with Gasteiger partial charge >= 0.3 is 0 Å². The van der Waals surface area contributed by atoms with Crippen molar-refractivity contribution < 1.29 is 17.6 Å². The van der Waals surface area contributed by atoms with Crippen molar-refractivity contribution in [2.45, 2.75) is 32.2 Å². The molecule has 1 aromatic heterocycles. The number of sulfonamides is 1. The minimum atomic E-state index is -3.85. The summed E-state index contributed by atoms with van der Waals surface area (Å²) in [7, 11) is -3.85. The van der Waals surface area contributed by atoms with E-state index in [1.165, 1.54) is 6.26 Å². The number of nitrogens with one attached hydrogen (secondary N) is 2. The minimum Gasteiger partial charge on any atom is -0.467 e. The maximum absolute atomic E-state index is 13.0. The number of aryl methyl sites for hydroxylation is 3. The molecule has 1 heterocycles. The zero-order valence-electron chi connectivity index (χ0n) is 15.9. The first kappa shape index (κ1) is 19.7. The van der Waals surface area contributed by atoms with E-state index in [4.69, 9.17) is 4.42 Å². The smallest absolute Gasteiger partial charge is 0.262 e. The van der Waals surface area contributed by atoms with Gasteiger partial charge in [0, 0.05) is 0 Å². The first-order chi connectivity index (χ1) is 13.3. The number of carbonyl (C=O) groups is 1. The van der Waals surface area contributed by atoms with Crippen molar-refractivity contribution in [3.8, 4) is 0 Å². The van der Waals surface area contributed by atoms with Gasteiger partial charge in [0.2, 0.25) is 0 Å². The summed E-state index contributed by atoms with van der Waals surface area (Å²) in [6, 6.07) is 13.6. The molecule has 0 unspecified atom stereocenters. The van der Waals surface area contributed by atoms with Crippen molar-refractivity contribution in [3.63, 3.8) is 0 Å². The second kappa shape index (κ2) is 7.90. The van der Waals surface area contributed by atoms with Crippen molar-refractivity contribution >= 4 is 21.6 Å². The van der Waals surface area contributed by atoms with Gasteiger partial charge in [0.05, 0.1) is 29.0 Å². The number of benzene rings is 2. The van der Waals surface area contributed by atoms with Crippen LogP contribution in [0.3, 0.4) is 0 Å². The van der Waals surface area contributed by atoms with E-state index < -0.39 is 15.9 Å². The van der Waals surface area contributed by atoms with E-state index in [9.17, 15) is 13.2 Å².